The Morgan fingerprint density at radius 3 is 2.17 bits per heavy atom. The first-order valence-corrected chi connectivity index (χ1v) is 11.4. The Kier molecular flexibility index (Phi) is 6.33. The van der Waals surface area contributed by atoms with E-state index in [2.05, 4.69) is 25.7 Å². The second kappa shape index (κ2) is 8.11. The number of nitrogens with zero attached hydrogens (tertiary/aromatic N) is 1. The Bertz CT molecular complexity index is 363. The summed E-state index contributed by atoms with van der Waals surface area (Å²) in [4.78, 5) is 2.71. The maximum absolute atomic E-state index is 2.71. The topological polar surface area (TPSA) is 3.24 Å². The van der Waals surface area contributed by atoms with Crippen LogP contribution in [0.1, 0.15) is 104 Å². The predicted molar refractivity (Wildman–Crippen MR) is 105 cm³/mol. The van der Waals surface area contributed by atoms with Crippen molar-refractivity contribution < 1.29 is 0 Å². The molecule has 1 nitrogen and oxygen atoms in total. The van der Waals surface area contributed by atoms with Crippen LogP contribution in [0, 0.1) is 22.7 Å². The van der Waals surface area contributed by atoms with Gasteiger partial charge in [-0.1, -0.05) is 59.3 Å². The van der Waals surface area contributed by atoms with E-state index in [-0.39, 0.29) is 0 Å². The monoisotopic (exact) mass is 333 g/mol. The zero-order chi connectivity index (χ0) is 17.0. The summed E-state index contributed by atoms with van der Waals surface area (Å²) in [6.07, 6.45) is 19.5. The first-order valence-electron chi connectivity index (χ1n) is 11.4. The lowest BCUT2D eigenvalue weighted by molar-refractivity contribution is -0.160. The van der Waals surface area contributed by atoms with Crippen molar-refractivity contribution in [3.8, 4) is 0 Å². The molecule has 2 saturated carbocycles. The number of piperidine rings is 1. The molecule has 2 spiro atoms. The van der Waals surface area contributed by atoms with Crippen LogP contribution in [-0.4, -0.2) is 24.5 Å². The molecule has 0 bridgehead atoms. The maximum Gasteiger partial charge on any atom is -0.00134 e. The second-order valence-electron chi connectivity index (χ2n) is 9.88. The fourth-order valence-corrected chi connectivity index (χ4v) is 6.74. The van der Waals surface area contributed by atoms with Crippen LogP contribution in [-0.2, 0) is 0 Å². The Labute approximate surface area is 152 Å². The van der Waals surface area contributed by atoms with Gasteiger partial charge >= 0.3 is 0 Å². The van der Waals surface area contributed by atoms with Crippen molar-refractivity contribution in [2.75, 3.05) is 19.6 Å². The van der Waals surface area contributed by atoms with Crippen LogP contribution < -0.4 is 0 Å². The molecular formula is C23H43N. The molecule has 24 heavy (non-hydrogen) atoms. The van der Waals surface area contributed by atoms with Gasteiger partial charge in [-0.05, 0) is 87.2 Å². The minimum absolute atomic E-state index is 0.790. The van der Waals surface area contributed by atoms with Gasteiger partial charge in [0.05, 0.1) is 0 Å². The Morgan fingerprint density at radius 2 is 1.58 bits per heavy atom. The molecule has 1 heterocycles. The molecule has 3 fully saturated rings. The predicted octanol–water partition coefficient (Wildman–Crippen LogP) is 6.67. The van der Waals surface area contributed by atoms with Crippen molar-refractivity contribution in [3.05, 3.63) is 0 Å². The summed E-state index contributed by atoms with van der Waals surface area (Å²) in [7, 11) is 0. The van der Waals surface area contributed by atoms with Gasteiger partial charge in [-0.2, -0.15) is 0 Å². The third kappa shape index (κ3) is 4.02. The smallest absolute Gasteiger partial charge is 0.00134 e. The molecule has 1 saturated heterocycles. The first-order chi connectivity index (χ1) is 11.6. The Hall–Kier alpha value is -0.0400. The first kappa shape index (κ1) is 18.7. The summed E-state index contributed by atoms with van der Waals surface area (Å²) < 4.78 is 0. The van der Waals surface area contributed by atoms with E-state index < -0.39 is 0 Å². The molecule has 3 rings (SSSR count). The molecule has 0 aromatic heterocycles. The van der Waals surface area contributed by atoms with Crippen LogP contribution in [0.25, 0.3) is 0 Å². The zero-order valence-electron chi connectivity index (χ0n) is 16.9. The number of unbranched alkanes of at least 4 members (excludes halogenated alkanes) is 3. The van der Waals surface area contributed by atoms with E-state index in [9.17, 15) is 0 Å². The average molecular weight is 334 g/mol. The fourth-order valence-electron chi connectivity index (χ4n) is 6.74. The lowest BCUT2D eigenvalue weighted by Crippen LogP contribution is -2.58. The molecular weight excluding hydrogens is 290 g/mol. The zero-order valence-corrected chi connectivity index (χ0v) is 16.9. The van der Waals surface area contributed by atoms with Crippen molar-refractivity contribution in [1.29, 1.82) is 0 Å². The summed E-state index contributed by atoms with van der Waals surface area (Å²) in [5.41, 5.74) is 1.62. The molecule has 0 amide bonds. The summed E-state index contributed by atoms with van der Waals surface area (Å²) >= 11 is 0. The molecule has 0 aromatic carbocycles. The lowest BCUT2D eigenvalue weighted by Gasteiger charge is -2.66. The lowest BCUT2D eigenvalue weighted by atomic mass is 9.39. The molecule has 0 N–H and O–H groups in total. The van der Waals surface area contributed by atoms with Crippen molar-refractivity contribution in [1.82, 2.24) is 4.90 Å². The van der Waals surface area contributed by atoms with Crippen molar-refractivity contribution in [2.24, 2.45) is 22.7 Å². The van der Waals surface area contributed by atoms with Gasteiger partial charge in [0.1, 0.15) is 0 Å². The molecule has 0 radical (unpaired) electrons. The highest BCUT2D eigenvalue weighted by Crippen LogP contribution is 2.70. The Morgan fingerprint density at radius 1 is 0.875 bits per heavy atom. The normalized spacial score (nSPS) is 27.1. The van der Waals surface area contributed by atoms with Crippen LogP contribution in [0.3, 0.4) is 0 Å². The highest BCUT2D eigenvalue weighted by Gasteiger charge is 2.60. The van der Waals surface area contributed by atoms with Gasteiger partial charge in [-0.25, -0.2) is 0 Å². The summed E-state index contributed by atoms with van der Waals surface area (Å²) in [6, 6.07) is 0. The van der Waals surface area contributed by atoms with Crippen LogP contribution in [0.15, 0.2) is 0 Å². The molecule has 140 valence electrons. The maximum atomic E-state index is 2.71. The van der Waals surface area contributed by atoms with E-state index in [1.54, 1.807) is 25.7 Å². The molecule has 0 aromatic rings. The van der Waals surface area contributed by atoms with Crippen LogP contribution >= 0.6 is 0 Å². The van der Waals surface area contributed by atoms with Gasteiger partial charge in [0, 0.05) is 0 Å². The van der Waals surface area contributed by atoms with E-state index in [4.69, 9.17) is 0 Å². The highest BCUT2D eigenvalue weighted by atomic mass is 15.1. The number of hydrogen-bond acceptors (Lipinski definition) is 1. The van der Waals surface area contributed by atoms with E-state index in [0.717, 1.165) is 22.7 Å². The van der Waals surface area contributed by atoms with Gasteiger partial charge in [0.2, 0.25) is 0 Å². The van der Waals surface area contributed by atoms with Crippen molar-refractivity contribution in [3.63, 3.8) is 0 Å². The summed E-state index contributed by atoms with van der Waals surface area (Å²) in [5.74, 6) is 2.14. The molecule has 3 aliphatic rings. The second-order valence-corrected chi connectivity index (χ2v) is 9.88. The molecule has 1 atom stereocenters. The molecule has 1 heteroatoms. The van der Waals surface area contributed by atoms with Gasteiger partial charge in [-0.3, -0.25) is 0 Å². The molecule has 2 aliphatic carbocycles. The molecule has 1 unspecified atom stereocenters. The van der Waals surface area contributed by atoms with Gasteiger partial charge in [0.15, 0.2) is 0 Å². The SMILES string of the molecule is CCCCCCC(CC)C1CC2(C1)CC1(CCN(CCC)CC1)C2. The quantitative estimate of drug-likeness (QED) is 0.426. The molecule has 1 aliphatic heterocycles. The van der Waals surface area contributed by atoms with Crippen LogP contribution in [0.5, 0.6) is 0 Å². The van der Waals surface area contributed by atoms with E-state index >= 15 is 0 Å². The van der Waals surface area contributed by atoms with E-state index in [0.29, 0.717) is 0 Å². The minimum atomic E-state index is 0.790. The highest BCUT2D eigenvalue weighted by molar-refractivity contribution is 5.11. The van der Waals surface area contributed by atoms with Crippen molar-refractivity contribution >= 4 is 0 Å². The summed E-state index contributed by atoms with van der Waals surface area (Å²) in [5, 5.41) is 0. The van der Waals surface area contributed by atoms with Gasteiger partial charge in [0.25, 0.3) is 0 Å². The fraction of sp³-hybridized carbons (Fsp3) is 1.00. The van der Waals surface area contributed by atoms with E-state index in [1.165, 1.54) is 77.4 Å². The average Bonchev–Trinajstić information content (AvgIpc) is 2.53. The van der Waals surface area contributed by atoms with Crippen LogP contribution in [0.2, 0.25) is 0 Å². The Balaban J connectivity index is 1.36. The third-order valence-corrected chi connectivity index (χ3v) is 7.97. The number of rotatable bonds is 9. The summed E-state index contributed by atoms with van der Waals surface area (Å²) in [6.45, 7) is 11.2. The van der Waals surface area contributed by atoms with Crippen molar-refractivity contribution in [2.45, 2.75) is 104 Å². The van der Waals surface area contributed by atoms with Gasteiger partial charge in [-0.15, -0.1) is 0 Å². The van der Waals surface area contributed by atoms with E-state index in [1.807, 2.05) is 0 Å². The third-order valence-electron chi connectivity index (χ3n) is 7.97. The minimum Gasteiger partial charge on any atom is -0.303 e. The number of likely N-dealkylation sites (tertiary alicyclic amines) is 1. The standard InChI is InChI=1S/C23H43N/c1-4-7-8-9-10-20(6-3)21-16-23(17-21)18-22(19-23)11-14-24(13-5-2)15-12-22/h20-21H,4-19H2,1-3H3. The number of hydrogen-bond donors (Lipinski definition) is 0. The largest absolute Gasteiger partial charge is 0.303 e. The van der Waals surface area contributed by atoms with Gasteiger partial charge < -0.3 is 4.90 Å². The van der Waals surface area contributed by atoms with Crippen LogP contribution in [0.4, 0.5) is 0 Å².